The van der Waals surface area contributed by atoms with Gasteiger partial charge in [-0.1, -0.05) is 0 Å². The topological polar surface area (TPSA) is 547 Å². The number of hydrogen-bond acceptors (Lipinski definition) is 29. The zero-order valence-electron chi connectivity index (χ0n) is 52.4. The van der Waals surface area contributed by atoms with Crippen LogP contribution in [0.5, 0.6) is 0 Å². The molecule has 3 heterocycles. The fourth-order valence-electron chi connectivity index (χ4n) is 9.31. The van der Waals surface area contributed by atoms with E-state index in [2.05, 4.69) is 37.2 Å². The Morgan fingerprint density at radius 2 is 0.613 bits per heavy atom. The standard InChI is InChI=1S/C57H101N7O29/c65-22-2-1-9-44(75)64-57(32-85-26-13-41(72)61-19-6-16-58-38(69)10-3-23-88-54-51(82)48(79)45(76)35(29-66)91-54,33-86-27-14-42(73)62-20-7-17-59-39(70)11-4-24-89-55-52(83)49(80)46(77)36(30-67)92-55)34-87-28-15-43(74)63-21-8-18-60-40(71)12-5-25-90-56-53(84)50(81)47(78)37(31-68)93-56/h22,35-37,45-56,66-68,76-84H,1-21,23-34H2,(H,58,69)(H,59,70)(H,60,71)(H,61,72)(H,62,73)(H,63,74)(H,64,75)/t35?,36?,37?,45-,46-,47-,48?,49?,50?,51?,52?,53?,54-,55-,56-,57?/m1/s1. The minimum atomic E-state index is -1.60. The lowest BCUT2D eigenvalue weighted by molar-refractivity contribution is -0.301. The summed E-state index contributed by atoms with van der Waals surface area (Å²) in [6.07, 6.45) is -19.2. The third-order valence-corrected chi connectivity index (χ3v) is 14.7. The summed E-state index contributed by atoms with van der Waals surface area (Å²) >= 11 is 0. The molecule has 3 aliphatic rings. The van der Waals surface area contributed by atoms with Gasteiger partial charge in [0, 0.05) is 90.6 Å². The fourth-order valence-corrected chi connectivity index (χ4v) is 9.31. The molecule has 538 valence electrons. The van der Waals surface area contributed by atoms with E-state index in [1.165, 1.54) is 0 Å². The van der Waals surface area contributed by atoms with Crippen molar-refractivity contribution in [1.82, 2.24) is 37.2 Å². The molecule has 9 unspecified atom stereocenters. The number of carbonyl (C=O) groups excluding carboxylic acids is 8. The average molecular weight is 1350 g/mol. The van der Waals surface area contributed by atoms with Crippen molar-refractivity contribution in [1.29, 1.82) is 0 Å². The smallest absolute Gasteiger partial charge is 0.222 e. The van der Waals surface area contributed by atoms with Gasteiger partial charge in [0.25, 0.3) is 0 Å². The van der Waals surface area contributed by atoms with Crippen molar-refractivity contribution in [3.8, 4) is 0 Å². The Hall–Kier alpha value is -4.88. The minimum absolute atomic E-state index is 0.0354. The molecule has 0 spiro atoms. The van der Waals surface area contributed by atoms with Crippen LogP contribution < -0.4 is 37.2 Å². The van der Waals surface area contributed by atoms with Crippen molar-refractivity contribution < 1.29 is 142 Å². The van der Waals surface area contributed by atoms with Gasteiger partial charge in [0.2, 0.25) is 41.4 Å². The van der Waals surface area contributed by atoms with Crippen LogP contribution in [0.15, 0.2) is 0 Å². The molecule has 36 nitrogen and oxygen atoms in total. The maximum atomic E-state index is 13.3. The molecule has 0 bridgehead atoms. The number of amides is 7. The van der Waals surface area contributed by atoms with Gasteiger partial charge < -0.3 is 146 Å². The van der Waals surface area contributed by atoms with Crippen LogP contribution in [0.3, 0.4) is 0 Å². The summed E-state index contributed by atoms with van der Waals surface area (Å²) in [5, 5.41) is 137. The van der Waals surface area contributed by atoms with Crippen molar-refractivity contribution in [3.63, 3.8) is 0 Å². The summed E-state index contributed by atoms with van der Waals surface area (Å²) in [6, 6.07) is 0. The van der Waals surface area contributed by atoms with Crippen molar-refractivity contribution >= 4 is 47.6 Å². The van der Waals surface area contributed by atoms with Gasteiger partial charge in [0.05, 0.1) is 79.3 Å². The zero-order chi connectivity index (χ0) is 68.6. The van der Waals surface area contributed by atoms with Gasteiger partial charge in [-0.3, -0.25) is 33.6 Å². The molecule has 0 saturated carbocycles. The first-order valence-corrected chi connectivity index (χ1v) is 31.4. The number of ether oxygens (including phenoxy) is 9. The predicted octanol–water partition coefficient (Wildman–Crippen LogP) is -8.91. The van der Waals surface area contributed by atoms with Crippen molar-refractivity contribution in [3.05, 3.63) is 0 Å². The first-order chi connectivity index (χ1) is 44.6. The van der Waals surface area contributed by atoms with E-state index >= 15 is 0 Å². The zero-order valence-corrected chi connectivity index (χ0v) is 52.4. The Balaban J connectivity index is 1.45. The Morgan fingerprint density at radius 1 is 0.344 bits per heavy atom. The number of carbonyl (C=O) groups is 8. The molecule has 36 heteroatoms. The second-order valence-electron chi connectivity index (χ2n) is 22.5. The molecule has 93 heavy (non-hydrogen) atoms. The molecule has 7 amide bonds. The summed E-state index contributed by atoms with van der Waals surface area (Å²) in [5.74, 6) is -2.68. The first-order valence-electron chi connectivity index (χ1n) is 31.4. The fraction of sp³-hybridized carbons (Fsp3) is 0.860. The van der Waals surface area contributed by atoms with Crippen LogP contribution in [0, 0.1) is 0 Å². The molecule has 19 N–H and O–H groups in total. The van der Waals surface area contributed by atoms with Crippen LogP contribution in [-0.2, 0) is 81.0 Å². The predicted molar refractivity (Wildman–Crippen MR) is 316 cm³/mol. The van der Waals surface area contributed by atoms with Gasteiger partial charge >= 0.3 is 0 Å². The average Bonchev–Trinajstić information content (AvgIpc) is 1.60. The van der Waals surface area contributed by atoms with Crippen molar-refractivity contribution in [2.75, 3.05) is 119 Å². The van der Waals surface area contributed by atoms with E-state index in [-0.39, 0.29) is 194 Å². The summed E-state index contributed by atoms with van der Waals surface area (Å²) in [5.41, 5.74) is -1.46. The molecule has 0 aromatic carbocycles. The molecule has 0 aromatic heterocycles. The first kappa shape index (κ1) is 82.4. The van der Waals surface area contributed by atoms with Gasteiger partial charge in [-0.15, -0.1) is 0 Å². The highest BCUT2D eigenvalue weighted by molar-refractivity contribution is 5.78. The van der Waals surface area contributed by atoms with E-state index in [1.807, 2.05) is 0 Å². The van der Waals surface area contributed by atoms with Crippen molar-refractivity contribution in [2.45, 2.75) is 194 Å². The third-order valence-electron chi connectivity index (χ3n) is 14.7. The number of unbranched alkanes of at least 4 members (excludes halogenated alkanes) is 1. The van der Waals surface area contributed by atoms with Gasteiger partial charge in [0.15, 0.2) is 18.9 Å². The van der Waals surface area contributed by atoms with Crippen molar-refractivity contribution in [2.24, 2.45) is 0 Å². The van der Waals surface area contributed by atoms with Gasteiger partial charge in [-0.25, -0.2) is 0 Å². The number of aldehydes is 1. The highest BCUT2D eigenvalue weighted by Gasteiger charge is 2.46. The van der Waals surface area contributed by atoms with Gasteiger partial charge in [-0.2, -0.15) is 0 Å². The van der Waals surface area contributed by atoms with Crippen LogP contribution in [0.4, 0.5) is 0 Å². The molecular formula is C57H101N7O29. The van der Waals surface area contributed by atoms with E-state index in [0.29, 0.717) is 25.5 Å². The van der Waals surface area contributed by atoms with E-state index in [1.54, 1.807) is 0 Å². The maximum Gasteiger partial charge on any atom is 0.222 e. The van der Waals surface area contributed by atoms with Crippen LogP contribution in [-0.4, -0.2) is 325 Å². The Morgan fingerprint density at radius 3 is 0.882 bits per heavy atom. The lowest BCUT2D eigenvalue weighted by Crippen LogP contribution is -2.59. The quantitative estimate of drug-likeness (QED) is 0.0199. The third kappa shape index (κ3) is 32.1. The van der Waals surface area contributed by atoms with Crippen LogP contribution >= 0.6 is 0 Å². The lowest BCUT2D eigenvalue weighted by atomic mass is 9.99. The Kier molecular flexibility index (Phi) is 41.7. The Labute approximate surface area is 538 Å². The molecule has 15 atom stereocenters. The highest BCUT2D eigenvalue weighted by Crippen LogP contribution is 2.25. The number of hydrogen-bond donors (Lipinski definition) is 19. The number of aliphatic hydroxyl groups excluding tert-OH is 12. The summed E-state index contributed by atoms with van der Waals surface area (Å²) in [4.78, 5) is 99.9. The van der Waals surface area contributed by atoms with Gasteiger partial charge in [-0.05, 0) is 44.9 Å². The summed E-state index contributed by atoms with van der Waals surface area (Å²) in [7, 11) is 0. The van der Waals surface area contributed by atoms with Gasteiger partial charge in [0.1, 0.15) is 85.1 Å². The molecule has 3 fully saturated rings. The monoisotopic (exact) mass is 1350 g/mol. The SMILES string of the molecule is O=CCCCC(=O)NC(COCCC(=O)NCCCNC(=O)CCCO[C@@H]1OC(CO)[C@@H](O)C(O)C1O)(COCCC(=O)NCCCNC(=O)CCCO[C@@H]1OC(CO)[C@@H](O)C(O)C1O)COCCC(=O)NCCCNC(=O)CCCO[C@@H]1OC(CO)[C@@H](O)C(O)C1O. The molecule has 3 aliphatic heterocycles. The van der Waals surface area contributed by atoms with E-state index in [9.17, 15) is 99.6 Å². The highest BCUT2D eigenvalue weighted by atomic mass is 16.7. The molecule has 0 aromatic rings. The molecule has 3 saturated heterocycles. The molecular weight excluding hydrogens is 1250 g/mol. The van der Waals surface area contributed by atoms with Crippen LogP contribution in [0.2, 0.25) is 0 Å². The minimum Gasteiger partial charge on any atom is -0.394 e. The van der Waals surface area contributed by atoms with Crippen LogP contribution in [0.25, 0.3) is 0 Å². The molecule has 0 aliphatic carbocycles. The Bertz CT molecular complexity index is 1950. The number of nitrogens with one attached hydrogen (secondary N) is 7. The van der Waals surface area contributed by atoms with E-state index in [0.717, 1.165) is 0 Å². The number of aliphatic hydroxyl groups is 12. The van der Waals surface area contributed by atoms with Crippen LogP contribution in [0.1, 0.15) is 96.3 Å². The summed E-state index contributed by atoms with van der Waals surface area (Å²) in [6.45, 7) is -2.09. The largest absolute Gasteiger partial charge is 0.394 e. The second-order valence-corrected chi connectivity index (χ2v) is 22.5. The van der Waals surface area contributed by atoms with E-state index in [4.69, 9.17) is 42.6 Å². The normalized spacial score (nSPS) is 26.9. The second kappa shape index (κ2) is 47.1. The molecule has 3 rings (SSSR count). The lowest BCUT2D eigenvalue weighted by Gasteiger charge is -2.39. The summed E-state index contributed by atoms with van der Waals surface area (Å²) < 4.78 is 49.8. The maximum absolute atomic E-state index is 13.3. The number of rotatable bonds is 50. The van der Waals surface area contributed by atoms with E-state index < -0.39 is 141 Å². The molecule has 0 radical (unpaired) electrons.